The largest absolute Gasteiger partial charge is 0.497 e. The highest BCUT2D eigenvalue weighted by Crippen LogP contribution is 2.50. The second-order valence-corrected chi connectivity index (χ2v) is 15.4. The van der Waals surface area contributed by atoms with Gasteiger partial charge in [-0.3, -0.25) is 14.6 Å². The van der Waals surface area contributed by atoms with Gasteiger partial charge in [0.1, 0.15) is 16.4 Å². The molecule has 1 N–H and O–H groups in total. The van der Waals surface area contributed by atoms with Crippen molar-refractivity contribution in [3.63, 3.8) is 0 Å². The summed E-state index contributed by atoms with van der Waals surface area (Å²) in [6.07, 6.45) is 3.62. The van der Waals surface area contributed by atoms with Crippen molar-refractivity contribution in [3.05, 3.63) is 70.9 Å². The normalized spacial score (nSPS) is 21.8. The number of carbonyl (C=O) groups excluding carboxylic acids is 2. The van der Waals surface area contributed by atoms with Crippen LogP contribution in [0.5, 0.6) is 17.4 Å². The fraction of sp³-hybridized carbons (Fsp3) is 0.472. The van der Waals surface area contributed by atoms with E-state index in [4.69, 9.17) is 30.5 Å². The van der Waals surface area contributed by atoms with E-state index in [1.165, 1.54) is 56.8 Å². The fourth-order valence-electron chi connectivity index (χ4n) is 7.64. The van der Waals surface area contributed by atoms with E-state index in [9.17, 15) is 13.2 Å². The summed E-state index contributed by atoms with van der Waals surface area (Å²) < 4.78 is 51.9. The number of amides is 3. The van der Waals surface area contributed by atoms with E-state index < -0.39 is 27.5 Å². The number of nitrogens with one attached hydrogen (secondary N) is 1. The minimum Gasteiger partial charge on any atom is -0.497 e. The predicted molar refractivity (Wildman–Crippen MR) is 193 cm³/mol. The average Bonchev–Trinajstić information content (AvgIpc) is 3.38. The molecule has 0 radical (unpaired) electrons. The van der Waals surface area contributed by atoms with Crippen LogP contribution in [0, 0.1) is 0 Å². The highest BCUT2D eigenvalue weighted by Gasteiger charge is 2.59. The fourth-order valence-corrected chi connectivity index (χ4v) is 9.42. The maximum absolute atomic E-state index is 15.2. The molecule has 0 spiro atoms. The molecule has 2 aromatic carbocycles. The maximum atomic E-state index is 15.2. The van der Waals surface area contributed by atoms with Crippen molar-refractivity contribution in [3.8, 4) is 17.4 Å². The van der Waals surface area contributed by atoms with Gasteiger partial charge in [0.15, 0.2) is 5.54 Å². The number of sulfonamides is 1. The molecule has 3 amide bonds. The molecule has 7 rings (SSSR count). The van der Waals surface area contributed by atoms with Gasteiger partial charge in [-0.15, -0.1) is 0 Å². The summed E-state index contributed by atoms with van der Waals surface area (Å²) in [7, 11) is -1.88. The van der Waals surface area contributed by atoms with Gasteiger partial charge in [0, 0.05) is 68.2 Å². The Morgan fingerprint density at radius 1 is 0.962 bits per heavy atom. The predicted octanol–water partition coefficient (Wildman–Crippen LogP) is 3.32. The van der Waals surface area contributed by atoms with Crippen LogP contribution in [0.25, 0.3) is 0 Å². The number of benzene rings is 2. The van der Waals surface area contributed by atoms with E-state index in [0.29, 0.717) is 48.3 Å². The molecule has 14 nitrogen and oxygen atoms in total. The maximum Gasteiger partial charge on any atom is 0.318 e. The average molecular weight is 755 g/mol. The van der Waals surface area contributed by atoms with Crippen molar-refractivity contribution in [1.82, 2.24) is 25.0 Å². The molecular weight excluding hydrogens is 712 g/mol. The van der Waals surface area contributed by atoms with Crippen LogP contribution in [0.3, 0.4) is 0 Å². The number of methoxy groups -OCH3 is 2. The zero-order chi connectivity index (χ0) is 36.6. The van der Waals surface area contributed by atoms with Crippen LogP contribution in [0.15, 0.2) is 59.6 Å². The van der Waals surface area contributed by atoms with Gasteiger partial charge in [-0.05, 0) is 62.2 Å². The lowest BCUT2D eigenvalue weighted by atomic mass is 9.84. The van der Waals surface area contributed by atoms with Crippen molar-refractivity contribution < 1.29 is 37.0 Å². The number of hydrogen-bond acceptors (Lipinski definition) is 11. The first kappa shape index (κ1) is 36.2. The van der Waals surface area contributed by atoms with Crippen LogP contribution in [0.2, 0.25) is 5.02 Å². The Kier molecular flexibility index (Phi) is 10.2. The number of pyridine rings is 1. The Bertz CT molecular complexity index is 1930. The second kappa shape index (κ2) is 14.7. The van der Waals surface area contributed by atoms with Gasteiger partial charge in [0.2, 0.25) is 5.88 Å². The van der Waals surface area contributed by atoms with E-state index in [1.807, 2.05) is 0 Å². The third kappa shape index (κ3) is 6.31. The summed E-state index contributed by atoms with van der Waals surface area (Å²) in [5, 5.41) is 3.23. The first-order valence-corrected chi connectivity index (χ1v) is 19.3. The van der Waals surface area contributed by atoms with E-state index in [1.54, 1.807) is 24.0 Å². The van der Waals surface area contributed by atoms with Crippen LogP contribution < -0.4 is 23.8 Å². The third-order valence-corrected chi connectivity index (χ3v) is 12.5. The zero-order valence-corrected chi connectivity index (χ0v) is 31.0. The van der Waals surface area contributed by atoms with Crippen LogP contribution in [0.4, 0.5) is 10.5 Å². The molecule has 3 fully saturated rings. The summed E-state index contributed by atoms with van der Waals surface area (Å²) in [6, 6.07) is 12.3. The lowest BCUT2D eigenvalue weighted by Crippen LogP contribution is -2.61. The van der Waals surface area contributed by atoms with E-state index >= 15 is 4.79 Å². The molecule has 1 aromatic heterocycles. The smallest absolute Gasteiger partial charge is 0.318 e. The Hall–Kier alpha value is -4.15. The number of aromatic nitrogens is 1. The molecule has 4 aliphatic heterocycles. The first-order valence-electron chi connectivity index (χ1n) is 17.5. The number of halogens is 1. The number of piperazine rings is 1. The number of anilines is 1. The van der Waals surface area contributed by atoms with Crippen molar-refractivity contribution in [2.24, 2.45) is 0 Å². The summed E-state index contributed by atoms with van der Waals surface area (Å²) >= 11 is 6.56. The lowest BCUT2D eigenvalue weighted by Gasteiger charge is -2.46. The summed E-state index contributed by atoms with van der Waals surface area (Å²) in [5.74, 6) is -0.549. The molecule has 4 aliphatic rings. The minimum absolute atomic E-state index is 0.0171. The number of carbonyl (C=O) groups is 2. The Labute approximate surface area is 308 Å². The first-order chi connectivity index (χ1) is 25.1. The monoisotopic (exact) mass is 754 g/mol. The zero-order valence-electron chi connectivity index (χ0n) is 29.4. The van der Waals surface area contributed by atoms with Crippen LogP contribution in [-0.2, 0) is 25.1 Å². The van der Waals surface area contributed by atoms with Crippen molar-refractivity contribution in [2.75, 3.05) is 77.6 Å². The number of piperidine rings is 1. The molecular formula is C36H43ClN6O8S. The molecule has 1 atom stereocenters. The Morgan fingerprint density at radius 3 is 2.35 bits per heavy atom. The SMILES string of the molecule is CCOc1ncccc1C1(NC(=O)N2CCN(C3CCN(C4COC4)CC3)CC2)C(=O)N(S(=O)(=O)c2ccc(OC)cc2OC)c2ccc(Cl)cc21. The van der Waals surface area contributed by atoms with Crippen LogP contribution in [0.1, 0.15) is 30.9 Å². The molecule has 16 heteroatoms. The molecule has 52 heavy (non-hydrogen) atoms. The Balaban J connectivity index is 1.23. The summed E-state index contributed by atoms with van der Waals surface area (Å²) in [6.45, 7) is 7.83. The van der Waals surface area contributed by atoms with Gasteiger partial charge in [0.05, 0.1) is 51.3 Å². The van der Waals surface area contributed by atoms with Crippen molar-refractivity contribution >= 4 is 39.2 Å². The molecule has 278 valence electrons. The standard InChI is InChI=1S/C36H43ClN6O8S/c1-4-51-33-28(6-5-13-38-33)36(39-35(45)42-18-16-41(17-19-42)25-11-14-40(15-12-25)26-22-50-23-26)29-20-24(37)7-9-30(29)43(34(36)44)52(46,47)32-10-8-27(48-2)21-31(32)49-3/h5-10,13,20-21,25-26H,4,11-12,14-19,22-23H2,1-3H3,(H,39,45). The third-order valence-electron chi connectivity index (χ3n) is 10.5. The topological polar surface area (TPSA) is 143 Å². The lowest BCUT2D eigenvalue weighted by molar-refractivity contribution is -0.121. The van der Waals surface area contributed by atoms with E-state index in [-0.39, 0.29) is 45.0 Å². The molecule has 3 aromatic rings. The number of fused-ring (bicyclic) bond motifs is 1. The van der Waals surface area contributed by atoms with Gasteiger partial charge in [-0.1, -0.05) is 11.6 Å². The number of ether oxygens (including phenoxy) is 4. The summed E-state index contributed by atoms with van der Waals surface area (Å²) in [4.78, 5) is 40.3. The van der Waals surface area contributed by atoms with E-state index in [2.05, 4.69) is 20.1 Å². The van der Waals surface area contributed by atoms with E-state index in [0.717, 1.165) is 39.1 Å². The highest BCUT2D eigenvalue weighted by atomic mass is 35.5. The van der Waals surface area contributed by atoms with Crippen molar-refractivity contribution in [2.45, 2.75) is 42.3 Å². The van der Waals surface area contributed by atoms with Gasteiger partial charge in [-0.2, -0.15) is 4.31 Å². The van der Waals surface area contributed by atoms with Gasteiger partial charge in [0.25, 0.3) is 15.9 Å². The highest BCUT2D eigenvalue weighted by molar-refractivity contribution is 7.93. The number of hydrogen-bond donors (Lipinski definition) is 1. The van der Waals surface area contributed by atoms with Gasteiger partial charge < -0.3 is 29.2 Å². The number of nitrogens with zero attached hydrogens (tertiary/aromatic N) is 5. The summed E-state index contributed by atoms with van der Waals surface area (Å²) in [5.41, 5.74) is -1.74. The van der Waals surface area contributed by atoms with Crippen molar-refractivity contribution in [1.29, 1.82) is 0 Å². The number of likely N-dealkylation sites (tertiary alicyclic amines) is 1. The molecule has 0 bridgehead atoms. The second-order valence-electron chi connectivity index (χ2n) is 13.2. The molecule has 0 saturated carbocycles. The number of urea groups is 1. The molecule has 5 heterocycles. The Morgan fingerprint density at radius 2 is 1.69 bits per heavy atom. The minimum atomic E-state index is -4.66. The quantitative estimate of drug-likeness (QED) is 0.326. The van der Waals surface area contributed by atoms with Gasteiger partial charge in [-0.25, -0.2) is 18.2 Å². The molecule has 3 saturated heterocycles. The van der Waals surface area contributed by atoms with Crippen LogP contribution in [-0.4, -0.2) is 125 Å². The molecule has 1 unspecified atom stereocenters. The number of rotatable bonds is 10. The molecule has 0 aliphatic carbocycles. The van der Waals surface area contributed by atoms with Crippen LogP contribution >= 0.6 is 11.6 Å². The van der Waals surface area contributed by atoms with Gasteiger partial charge >= 0.3 is 6.03 Å².